The molecule has 4 heteroatoms. The highest BCUT2D eigenvalue weighted by Crippen LogP contribution is 2.66. The molecule has 0 radical (unpaired) electrons. The average Bonchev–Trinajstić information content (AvgIpc) is 2.63. The molecule has 4 aliphatic carbocycles. The van der Waals surface area contributed by atoms with Crippen molar-refractivity contribution in [1.29, 1.82) is 0 Å². The van der Waals surface area contributed by atoms with Gasteiger partial charge < -0.3 is 5.32 Å². The molecular formula is C24H25Cl2NO. The van der Waals surface area contributed by atoms with Gasteiger partial charge in [-0.05, 0) is 86.5 Å². The summed E-state index contributed by atoms with van der Waals surface area (Å²) in [6, 6.07) is 14.3. The van der Waals surface area contributed by atoms with Crippen molar-refractivity contribution in [2.75, 3.05) is 5.32 Å². The number of carbonyl (C=O) groups excluding carboxylic acids is 1. The van der Waals surface area contributed by atoms with Crippen LogP contribution in [0.25, 0.3) is 0 Å². The molecule has 0 saturated heterocycles. The molecule has 0 aromatic heterocycles. The summed E-state index contributed by atoms with van der Waals surface area (Å²) in [5.74, 6) is 1.44. The summed E-state index contributed by atoms with van der Waals surface area (Å²) >= 11 is 12.3. The van der Waals surface area contributed by atoms with E-state index in [1.54, 1.807) is 18.2 Å². The maximum atomic E-state index is 13.5. The van der Waals surface area contributed by atoms with E-state index in [1.807, 2.05) is 0 Å². The number of anilines is 1. The molecule has 1 N–H and O–H groups in total. The largest absolute Gasteiger partial charge is 0.324 e. The smallest absolute Gasteiger partial charge is 0.230 e. The topological polar surface area (TPSA) is 29.1 Å². The predicted molar refractivity (Wildman–Crippen MR) is 115 cm³/mol. The van der Waals surface area contributed by atoms with Crippen molar-refractivity contribution >= 4 is 34.8 Å². The van der Waals surface area contributed by atoms with E-state index in [1.165, 1.54) is 30.4 Å². The van der Waals surface area contributed by atoms with Crippen LogP contribution in [0.2, 0.25) is 10.0 Å². The van der Waals surface area contributed by atoms with Gasteiger partial charge in [-0.15, -0.1) is 0 Å². The molecule has 0 aliphatic heterocycles. The van der Waals surface area contributed by atoms with E-state index in [0.29, 0.717) is 27.6 Å². The Bertz CT molecular complexity index is 922. The van der Waals surface area contributed by atoms with Crippen molar-refractivity contribution in [2.45, 2.75) is 50.9 Å². The minimum atomic E-state index is -0.280. The Balaban J connectivity index is 1.47. The molecule has 4 bridgehead atoms. The van der Waals surface area contributed by atoms with E-state index >= 15 is 0 Å². The third-order valence-corrected chi connectivity index (χ3v) is 7.93. The van der Waals surface area contributed by atoms with Gasteiger partial charge in [-0.2, -0.15) is 0 Å². The first-order chi connectivity index (χ1) is 13.4. The lowest BCUT2D eigenvalue weighted by atomic mass is 9.42. The van der Waals surface area contributed by atoms with Gasteiger partial charge in [0.2, 0.25) is 5.91 Å². The van der Waals surface area contributed by atoms with Crippen molar-refractivity contribution in [1.82, 2.24) is 0 Å². The second-order valence-corrected chi connectivity index (χ2v) is 10.3. The fourth-order valence-corrected chi connectivity index (χ4v) is 7.07. The van der Waals surface area contributed by atoms with Gasteiger partial charge in [-0.25, -0.2) is 0 Å². The van der Waals surface area contributed by atoms with Crippen molar-refractivity contribution in [3.63, 3.8) is 0 Å². The third kappa shape index (κ3) is 2.97. The van der Waals surface area contributed by atoms with Crippen molar-refractivity contribution < 1.29 is 4.79 Å². The molecule has 0 spiro atoms. The molecule has 2 nitrogen and oxygen atoms in total. The first-order valence-corrected chi connectivity index (χ1v) is 11.0. The lowest BCUT2D eigenvalue weighted by molar-refractivity contribution is -0.143. The van der Waals surface area contributed by atoms with Crippen LogP contribution >= 0.6 is 23.2 Å². The molecule has 2 aromatic carbocycles. The Hall–Kier alpha value is -1.51. The summed E-state index contributed by atoms with van der Waals surface area (Å²) < 4.78 is 0. The number of rotatable bonds is 3. The molecule has 28 heavy (non-hydrogen) atoms. The van der Waals surface area contributed by atoms with E-state index in [9.17, 15) is 4.79 Å². The number of halogens is 2. The summed E-state index contributed by atoms with van der Waals surface area (Å²) in [6.45, 7) is 2.13. The Morgan fingerprint density at radius 1 is 1.00 bits per heavy atom. The first-order valence-electron chi connectivity index (χ1n) is 10.2. The van der Waals surface area contributed by atoms with Gasteiger partial charge in [0, 0.05) is 5.02 Å². The minimum Gasteiger partial charge on any atom is -0.324 e. The molecule has 1 amide bonds. The van der Waals surface area contributed by atoms with Gasteiger partial charge in [0.05, 0.1) is 16.1 Å². The van der Waals surface area contributed by atoms with Crippen molar-refractivity contribution in [3.8, 4) is 0 Å². The van der Waals surface area contributed by atoms with Crippen LogP contribution in [-0.4, -0.2) is 5.91 Å². The number of hydrogen-bond donors (Lipinski definition) is 1. The SMILES string of the molecule is Cc1ccc(C23CC4CC(CC(C(=O)Nc5ccc(Cl)cc5Cl)(C4)C2)C3)cc1. The lowest BCUT2D eigenvalue weighted by Crippen LogP contribution is -2.58. The molecule has 0 heterocycles. The third-order valence-electron chi connectivity index (χ3n) is 7.39. The number of aryl methyl sites for hydroxylation is 1. The molecule has 2 atom stereocenters. The fraction of sp³-hybridized carbons (Fsp3) is 0.458. The van der Waals surface area contributed by atoms with Crippen LogP contribution < -0.4 is 5.32 Å². The monoisotopic (exact) mass is 413 g/mol. The Morgan fingerprint density at radius 2 is 1.68 bits per heavy atom. The summed E-state index contributed by atoms with van der Waals surface area (Å²) in [5, 5.41) is 4.22. The van der Waals surface area contributed by atoms with E-state index < -0.39 is 0 Å². The second kappa shape index (κ2) is 6.50. The molecule has 146 valence electrons. The summed E-state index contributed by atoms with van der Waals surface area (Å²) in [4.78, 5) is 13.5. The van der Waals surface area contributed by atoms with E-state index in [4.69, 9.17) is 23.2 Å². The quantitative estimate of drug-likeness (QED) is 0.589. The number of hydrogen-bond acceptors (Lipinski definition) is 1. The number of benzene rings is 2. The highest BCUT2D eigenvalue weighted by Gasteiger charge is 2.60. The Kier molecular flexibility index (Phi) is 4.30. The number of carbonyl (C=O) groups is 1. The van der Waals surface area contributed by atoms with Gasteiger partial charge in [-0.3, -0.25) is 4.79 Å². The lowest BCUT2D eigenvalue weighted by Gasteiger charge is -2.61. The second-order valence-electron chi connectivity index (χ2n) is 9.47. The first kappa shape index (κ1) is 18.5. The zero-order valence-electron chi connectivity index (χ0n) is 16.1. The Labute approximate surface area is 176 Å². The van der Waals surface area contributed by atoms with Crippen LogP contribution in [0.3, 0.4) is 0 Å². The van der Waals surface area contributed by atoms with Crippen LogP contribution in [0, 0.1) is 24.2 Å². The normalized spacial score (nSPS) is 33.1. The number of nitrogens with one attached hydrogen (secondary N) is 1. The molecule has 4 aliphatic rings. The maximum absolute atomic E-state index is 13.5. The van der Waals surface area contributed by atoms with Crippen LogP contribution in [-0.2, 0) is 10.2 Å². The molecule has 2 aromatic rings. The van der Waals surface area contributed by atoms with E-state index in [-0.39, 0.29) is 16.7 Å². The molecule has 6 rings (SSSR count). The van der Waals surface area contributed by atoms with Gasteiger partial charge >= 0.3 is 0 Å². The zero-order chi connectivity index (χ0) is 19.5. The summed E-state index contributed by atoms with van der Waals surface area (Å²) in [7, 11) is 0. The molecule has 4 saturated carbocycles. The van der Waals surface area contributed by atoms with Gasteiger partial charge in [-0.1, -0.05) is 53.0 Å². The minimum absolute atomic E-state index is 0.141. The van der Waals surface area contributed by atoms with Crippen LogP contribution in [0.5, 0.6) is 0 Å². The van der Waals surface area contributed by atoms with Gasteiger partial charge in [0.25, 0.3) is 0 Å². The highest BCUT2D eigenvalue weighted by molar-refractivity contribution is 6.36. The van der Waals surface area contributed by atoms with Gasteiger partial charge in [0.1, 0.15) is 0 Å². The highest BCUT2D eigenvalue weighted by atomic mass is 35.5. The van der Waals surface area contributed by atoms with Crippen LogP contribution in [0.4, 0.5) is 5.69 Å². The van der Waals surface area contributed by atoms with Crippen LogP contribution in [0.15, 0.2) is 42.5 Å². The van der Waals surface area contributed by atoms with Gasteiger partial charge in [0.15, 0.2) is 0 Å². The summed E-state index contributed by atoms with van der Waals surface area (Å²) in [5.41, 5.74) is 3.25. The van der Waals surface area contributed by atoms with E-state index in [0.717, 1.165) is 19.3 Å². The molecular weight excluding hydrogens is 389 g/mol. The van der Waals surface area contributed by atoms with Crippen LogP contribution in [0.1, 0.15) is 49.7 Å². The van der Waals surface area contributed by atoms with Crippen molar-refractivity contribution in [2.24, 2.45) is 17.3 Å². The number of amides is 1. The van der Waals surface area contributed by atoms with E-state index in [2.05, 4.69) is 36.5 Å². The molecule has 4 fully saturated rings. The summed E-state index contributed by atoms with van der Waals surface area (Å²) in [6.07, 6.45) is 6.70. The maximum Gasteiger partial charge on any atom is 0.230 e. The zero-order valence-corrected chi connectivity index (χ0v) is 17.6. The van der Waals surface area contributed by atoms with Crippen molar-refractivity contribution in [3.05, 3.63) is 63.6 Å². The fourth-order valence-electron chi connectivity index (χ4n) is 6.62. The molecule has 2 unspecified atom stereocenters. The Morgan fingerprint density at radius 3 is 2.32 bits per heavy atom. The standard InChI is InChI=1S/C24H25Cl2NO/c1-15-2-4-18(5-3-15)23-10-16-8-17(11-23)13-24(12-16,14-23)22(28)27-21-7-6-19(25)9-20(21)26/h2-7,9,16-17H,8,10-14H2,1H3,(H,27,28). The average molecular weight is 414 g/mol. The predicted octanol–water partition coefficient (Wildman–Crippen LogP) is 6.78.